The molecule has 16 heteroatoms. The predicted octanol–water partition coefficient (Wildman–Crippen LogP) is 4.81. The van der Waals surface area contributed by atoms with Crippen molar-refractivity contribution in [1.29, 1.82) is 0 Å². The van der Waals surface area contributed by atoms with Gasteiger partial charge < -0.3 is 29.2 Å². The van der Waals surface area contributed by atoms with Crippen LogP contribution in [0.5, 0.6) is 0 Å². The van der Waals surface area contributed by atoms with Crippen molar-refractivity contribution in [2.45, 2.75) is 83.3 Å². The zero-order valence-corrected chi connectivity index (χ0v) is 28.3. The van der Waals surface area contributed by atoms with Gasteiger partial charge in [-0.1, -0.05) is 60.7 Å². The number of benzene rings is 2. The first-order valence-corrected chi connectivity index (χ1v) is 17.2. The van der Waals surface area contributed by atoms with E-state index in [4.69, 9.17) is 18.5 Å². The van der Waals surface area contributed by atoms with Crippen molar-refractivity contribution in [1.82, 2.24) is 15.4 Å². The Labute approximate surface area is 270 Å². The first-order valence-electron chi connectivity index (χ1n) is 14.5. The van der Waals surface area contributed by atoms with Crippen LogP contribution in [0, 0.1) is 0 Å². The maximum Gasteiger partial charge on any atom is 0.408 e. The molecule has 3 N–H and O–H groups in total. The number of hydrogen-bond acceptors (Lipinski definition) is 9. The molecule has 46 heavy (non-hydrogen) atoms. The number of carbonyl (C=O) groups is 3. The first-order chi connectivity index (χ1) is 21.6. The highest BCUT2D eigenvalue weighted by Gasteiger charge is 2.63. The van der Waals surface area contributed by atoms with Crippen molar-refractivity contribution in [3.8, 4) is 0 Å². The molecule has 2 aromatic rings. The van der Waals surface area contributed by atoms with Gasteiger partial charge in [-0.15, -0.1) is 0 Å². The van der Waals surface area contributed by atoms with Crippen LogP contribution < -0.4 is 15.4 Å². The Morgan fingerprint density at radius 1 is 0.848 bits per heavy atom. The number of ether oxygens (including phenoxy) is 2. The summed E-state index contributed by atoms with van der Waals surface area (Å²) in [4.78, 5) is 39.2. The fourth-order valence-electron chi connectivity index (χ4n) is 3.73. The second-order valence-electron chi connectivity index (χ2n) is 10.9. The molecule has 0 bridgehead atoms. The number of alkyl carbamates (subject to hydrolysis) is 1. The molecule has 2 aromatic carbocycles. The summed E-state index contributed by atoms with van der Waals surface area (Å²) in [6.45, 7) is 6.89. The van der Waals surface area contributed by atoms with E-state index in [0.29, 0.717) is 11.1 Å². The second kappa shape index (κ2) is 17.6. The topological polar surface area (TPSA) is 158 Å². The molecule has 0 spiro atoms. The van der Waals surface area contributed by atoms with Crippen LogP contribution >= 0.6 is 7.60 Å². The van der Waals surface area contributed by atoms with E-state index < -0.39 is 78.3 Å². The zero-order valence-electron chi connectivity index (χ0n) is 26.6. The molecule has 0 heterocycles. The van der Waals surface area contributed by atoms with Crippen molar-refractivity contribution >= 4 is 36.6 Å². The Kier molecular flexibility index (Phi) is 14.9. The third-order valence-electron chi connectivity index (χ3n) is 6.18. The van der Waals surface area contributed by atoms with Gasteiger partial charge in [0.25, 0.3) is 0 Å². The summed E-state index contributed by atoms with van der Waals surface area (Å²) in [5.41, 5.74) is -3.37. The van der Waals surface area contributed by atoms with Crippen LogP contribution in [0.1, 0.15) is 52.7 Å². The molecule has 1 unspecified atom stereocenters. The summed E-state index contributed by atoms with van der Waals surface area (Å²) in [5, 5.41) is 4.43. The number of esters is 1. The van der Waals surface area contributed by atoms with Crippen LogP contribution in [-0.4, -0.2) is 63.9 Å². The van der Waals surface area contributed by atoms with Gasteiger partial charge in [0, 0.05) is 0 Å². The first kappa shape index (κ1) is 39.0. The SMILES string of the molecule is CCOP(=O)(OCC)C(F)(F)[C@@H](NS(=O)C(C)(C)C)[C@H](NC(=O)[C@H](C)NC(=O)OCc1ccccc1)C(=O)OCc1ccccc1. The lowest BCUT2D eigenvalue weighted by molar-refractivity contribution is -0.152. The molecule has 4 atom stereocenters. The van der Waals surface area contributed by atoms with E-state index in [1.165, 1.54) is 41.5 Å². The molecule has 0 radical (unpaired) electrons. The van der Waals surface area contributed by atoms with Crippen LogP contribution in [0.15, 0.2) is 60.7 Å². The van der Waals surface area contributed by atoms with Gasteiger partial charge in [0.05, 0.1) is 28.9 Å². The summed E-state index contributed by atoms with van der Waals surface area (Å²) in [7, 11) is -7.66. The van der Waals surface area contributed by atoms with Gasteiger partial charge in [0.15, 0.2) is 0 Å². The normalized spacial score (nSPS) is 14.8. The zero-order chi connectivity index (χ0) is 34.5. The highest BCUT2D eigenvalue weighted by atomic mass is 32.2. The second-order valence-corrected chi connectivity index (χ2v) is 15.0. The maximum atomic E-state index is 16.4. The van der Waals surface area contributed by atoms with Gasteiger partial charge in [-0.25, -0.2) is 18.5 Å². The van der Waals surface area contributed by atoms with Crippen LogP contribution in [0.4, 0.5) is 13.6 Å². The molecule has 12 nitrogen and oxygen atoms in total. The lowest BCUT2D eigenvalue weighted by atomic mass is 10.1. The smallest absolute Gasteiger partial charge is 0.408 e. The average Bonchev–Trinajstić information content (AvgIpc) is 3.00. The quantitative estimate of drug-likeness (QED) is 0.157. The Balaban J connectivity index is 2.46. The monoisotopic (exact) mass is 689 g/mol. The van der Waals surface area contributed by atoms with Gasteiger partial charge in [0.1, 0.15) is 31.3 Å². The average molecular weight is 690 g/mol. The van der Waals surface area contributed by atoms with Crippen molar-refractivity contribution < 1.29 is 50.5 Å². The number of carbonyl (C=O) groups excluding carboxylic acids is 3. The maximum absolute atomic E-state index is 16.4. The van der Waals surface area contributed by atoms with Crippen molar-refractivity contribution in [3.05, 3.63) is 71.8 Å². The minimum absolute atomic E-state index is 0.115. The Morgan fingerprint density at radius 3 is 1.78 bits per heavy atom. The minimum atomic E-state index is -5.36. The fourth-order valence-corrected chi connectivity index (χ4v) is 6.34. The van der Waals surface area contributed by atoms with Crippen LogP contribution in [0.3, 0.4) is 0 Å². The van der Waals surface area contributed by atoms with Gasteiger partial charge >= 0.3 is 25.3 Å². The molecule has 2 rings (SSSR count). The molecule has 0 saturated carbocycles. The van der Waals surface area contributed by atoms with Crippen molar-refractivity contribution in [2.24, 2.45) is 0 Å². The minimum Gasteiger partial charge on any atom is -0.459 e. The van der Waals surface area contributed by atoms with Gasteiger partial charge in [0.2, 0.25) is 5.91 Å². The summed E-state index contributed by atoms with van der Waals surface area (Å²) < 4.78 is 80.8. The number of hydrogen-bond donors (Lipinski definition) is 3. The van der Waals surface area contributed by atoms with Crippen molar-refractivity contribution in [2.75, 3.05) is 13.2 Å². The van der Waals surface area contributed by atoms with E-state index in [9.17, 15) is 23.2 Å². The highest BCUT2D eigenvalue weighted by Crippen LogP contribution is 2.63. The summed E-state index contributed by atoms with van der Waals surface area (Å²) >= 11 is 0. The molecule has 256 valence electrons. The molecule has 0 saturated heterocycles. The molecular formula is C30H42F2N3O9PS. The molecule has 0 aliphatic heterocycles. The molecule has 0 aliphatic carbocycles. The van der Waals surface area contributed by atoms with Crippen LogP contribution in [0.2, 0.25) is 0 Å². The fraction of sp³-hybridized carbons (Fsp3) is 0.500. The Bertz CT molecular complexity index is 1350. The van der Waals surface area contributed by atoms with Gasteiger partial charge in [-0.2, -0.15) is 8.78 Å². The molecular weight excluding hydrogens is 647 g/mol. The van der Waals surface area contributed by atoms with E-state index in [1.54, 1.807) is 60.7 Å². The van der Waals surface area contributed by atoms with Crippen LogP contribution in [0.25, 0.3) is 0 Å². The number of rotatable bonds is 17. The van der Waals surface area contributed by atoms with E-state index in [1.807, 2.05) is 0 Å². The standard InChI is InChI=1S/C30H42F2N3O9PS/c1-7-43-45(39,44-8-2)30(31,32)25(35-46(40)29(4,5)6)24(27(37)41-19-22-15-11-9-12-16-22)34-26(36)21(3)33-28(38)42-20-23-17-13-10-14-18-23/h9-18,21,24-25,35H,7-8,19-20H2,1-6H3,(H,33,38)(H,34,36)/t21-,24-,25-,46?/m0/s1. The number of halogens is 2. The lowest BCUT2D eigenvalue weighted by Crippen LogP contribution is -2.64. The van der Waals surface area contributed by atoms with Crippen LogP contribution in [-0.2, 0) is 56.9 Å². The van der Waals surface area contributed by atoms with E-state index >= 15 is 8.78 Å². The third kappa shape index (κ3) is 11.2. The van der Waals surface area contributed by atoms with Gasteiger partial charge in [-0.05, 0) is 52.7 Å². The lowest BCUT2D eigenvalue weighted by Gasteiger charge is -2.37. The summed E-state index contributed by atoms with van der Waals surface area (Å²) in [6, 6.07) is 10.6. The largest absolute Gasteiger partial charge is 0.459 e. The number of nitrogens with one attached hydrogen (secondary N) is 3. The molecule has 0 fully saturated rings. The summed E-state index contributed by atoms with van der Waals surface area (Å²) in [6.07, 6.45) is -0.999. The van der Waals surface area contributed by atoms with E-state index in [-0.39, 0.29) is 13.2 Å². The third-order valence-corrected chi connectivity index (χ3v) is 9.96. The number of alkyl halides is 2. The van der Waals surface area contributed by atoms with E-state index in [0.717, 1.165) is 0 Å². The van der Waals surface area contributed by atoms with E-state index in [2.05, 4.69) is 15.4 Å². The van der Waals surface area contributed by atoms with Gasteiger partial charge in [-0.3, -0.25) is 9.36 Å². The Hall–Kier alpha value is -3.23. The number of amides is 2. The predicted molar refractivity (Wildman–Crippen MR) is 168 cm³/mol. The van der Waals surface area contributed by atoms with Crippen molar-refractivity contribution in [3.63, 3.8) is 0 Å². The Morgan fingerprint density at radius 2 is 1.33 bits per heavy atom. The highest BCUT2D eigenvalue weighted by molar-refractivity contribution is 7.84. The molecule has 0 aromatic heterocycles. The molecule has 0 aliphatic rings. The molecule has 2 amide bonds. The summed E-state index contributed by atoms with van der Waals surface area (Å²) in [5.74, 6) is -2.48.